The van der Waals surface area contributed by atoms with E-state index in [0.717, 1.165) is 5.56 Å². The monoisotopic (exact) mass is 293 g/mol. The molecule has 1 atom stereocenters. The first-order valence-electron chi connectivity index (χ1n) is 7.01. The number of rotatable bonds is 8. The highest BCUT2D eigenvalue weighted by Crippen LogP contribution is 2.08. The summed E-state index contributed by atoms with van der Waals surface area (Å²) in [5, 5.41) is 2.65. The van der Waals surface area contributed by atoms with E-state index in [-0.39, 0.29) is 25.0 Å². The van der Waals surface area contributed by atoms with E-state index in [0.29, 0.717) is 6.42 Å². The SMILES string of the molecule is COCC(=O)N[C@H](CC(C)C)C(=O)OCc1ccccc1. The lowest BCUT2D eigenvalue weighted by Crippen LogP contribution is -2.44. The molecule has 0 spiro atoms. The third kappa shape index (κ3) is 6.90. The number of benzene rings is 1. The van der Waals surface area contributed by atoms with Crippen molar-refractivity contribution in [1.29, 1.82) is 0 Å². The first kappa shape index (κ1) is 17.2. The van der Waals surface area contributed by atoms with Crippen LogP contribution >= 0.6 is 0 Å². The van der Waals surface area contributed by atoms with Gasteiger partial charge in [-0.1, -0.05) is 44.2 Å². The van der Waals surface area contributed by atoms with Crippen LogP contribution in [-0.2, 0) is 25.7 Å². The van der Waals surface area contributed by atoms with Gasteiger partial charge in [0.2, 0.25) is 5.91 Å². The molecule has 0 bridgehead atoms. The van der Waals surface area contributed by atoms with Crippen molar-refractivity contribution in [3.05, 3.63) is 35.9 Å². The molecule has 0 unspecified atom stereocenters. The molecule has 0 radical (unpaired) electrons. The van der Waals surface area contributed by atoms with Gasteiger partial charge in [0.1, 0.15) is 19.3 Å². The highest BCUT2D eigenvalue weighted by molar-refractivity contribution is 5.85. The molecule has 0 fully saturated rings. The van der Waals surface area contributed by atoms with Crippen LogP contribution in [0.5, 0.6) is 0 Å². The molecule has 116 valence electrons. The van der Waals surface area contributed by atoms with Gasteiger partial charge in [0, 0.05) is 7.11 Å². The van der Waals surface area contributed by atoms with Crippen LogP contribution in [0.25, 0.3) is 0 Å². The number of methoxy groups -OCH3 is 1. The van der Waals surface area contributed by atoms with Crippen molar-refractivity contribution in [2.75, 3.05) is 13.7 Å². The standard InChI is InChI=1S/C16H23NO4/c1-12(2)9-14(17-15(18)11-20-3)16(19)21-10-13-7-5-4-6-8-13/h4-8,12,14H,9-11H2,1-3H3,(H,17,18)/t14-/m1/s1. The lowest BCUT2D eigenvalue weighted by atomic mass is 10.0. The summed E-state index contributed by atoms with van der Waals surface area (Å²) in [5.41, 5.74) is 0.914. The zero-order valence-corrected chi connectivity index (χ0v) is 12.8. The molecule has 21 heavy (non-hydrogen) atoms. The molecule has 1 amide bonds. The van der Waals surface area contributed by atoms with Crippen molar-refractivity contribution in [1.82, 2.24) is 5.32 Å². The second-order valence-electron chi connectivity index (χ2n) is 5.28. The molecule has 1 N–H and O–H groups in total. The molecule has 0 aliphatic heterocycles. The van der Waals surface area contributed by atoms with Crippen LogP contribution in [0, 0.1) is 5.92 Å². The van der Waals surface area contributed by atoms with Crippen LogP contribution in [0.2, 0.25) is 0 Å². The Bertz CT molecular complexity index is 445. The number of nitrogens with one attached hydrogen (secondary N) is 1. The van der Waals surface area contributed by atoms with Gasteiger partial charge in [-0.15, -0.1) is 0 Å². The van der Waals surface area contributed by atoms with Gasteiger partial charge < -0.3 is 14.8 Å². The van der Waals surface area contributed by atoms with Crippen molar-refractivity contribution in [3.63, 3.8) is 0 Å². The lowest BCUT2D eigenvalue weighted by molar-refractivity contribution is -0.150. The molecule has 0 aromatic heterocycles. The van der Waals surface area contributed by atoms with E-state index in [4.69, 9.17) is 9.47 Å². The first-order chi connectivity index (χ1) is 10.0. The predicted octanol–water partition coefficient (Wildman–Crippen LogP) is 1.91. The Morgan fingerprint density at radius 2 is 1.86 bits per heavy atom. The Morgan fingerprint density at radius 1 is 1.19 bits per heavy atom. The topological polar surface area (TPSA) is 64.6 Å². The number of carbonyl (C=O) groups is 2. The number of amides is 1. The second-order valence-corrected chi connectivity index (χ2v) is 5.28. The summed E-state index contributed by atoms with van der Waals surface area (Å²) in [5.74, 6) is -0.473. The number of esters is 1. The van der Waals surface area contributed by atoms with E-state index in [1.165, 1.54) is 7.11 Å². The molecule has 1 rings (SSSR count). The number of hydrogen-bond acceptors (Lipinski definition) is 4. The van der Waals surface area contributed by atoms with Crippen molar-refractivity contribution in [2.45, 2.75) is 32.9 Å². The molecule has 1 aromatic rings. The van der Waals surface area contributed by atoms with Gasteiger partial charge in [-0.3, -0.25) is 4.79 Å². The smallest absolute Gasteiger partial charge is 0.328 e. The van der Waals surface area contributed by atoms with Crippen LogP contribution in [-0.4, -0.2) is 31.6 Å². The largest absolute Gasteiger partial charge is 0.459 e. The van der Waals surface area contributed by atoms with Crippen molar-refractivity contribution >= 4 is 11.9 Å². The Kier molecular flexibility index (Phi) is 7.46. The van der Waals surface area contributed by atoms with Gasteiger partial charge in [-0.05, 0) is 17.9 Å². The summed E-state index contributed by atoms with van der Waals surface area (Å²) in [6.07, 6.45) is 0.531. The lowest BCUT2D eigenvalue weighted by Gasteiger charge is -2.19. The minimum Gasteiger partial charge on any atom is -0.459 e. The third-order valence-corrected chi connectivity index (χ3v) is 2.83. The van der Waals surface area contributed by atoms with Gasteiger partial charge in [0.25, 0.3) is 0 Å². The molecular formula is C16H23NO4. The molecule has 0 heterocycles. The third-order valence-electron chi connectivity index (χ3n) is 2.83. The zero-order valence-electron chi connectivity index (χ0n) is 12.8. The van der Waals surface area contributed by atoms with Crippen LogP contribution in [0.15, 0.2) is 30.3 Å². The summed E-state index contributed by atoms with van der Waals surface area (Å²) >= 11 is 0. The van der Waals surface area contributed by atoms with E-state index < -0.39 is 12.0 Å². The quantitative estimate of drug-likeness (QED) is 0.744. The van der Waals surface area contributed by atoms with Gasteiger partial charge >= 0.3 is 5.97 Å². The van der Waals surface area contributed by atoms with Crippen LogP contribution in [0.1, 0.15) is 25.8 Å². The molecule has 0 saturated carbocycles. The maximum atomic E-state index is 12.1. The van der Waals surface area contributed by atoms with Gasteiger partial charge in [-0.2, -0.15) is 0 Å². The summed E-state index contributed by atoms with van der Waals surface area (Å²) < 4.78 is 10.0. The maximum absolute atomic E-state index is 12.1. The van der Waals surface area contributed by atoms with E-state index in [9.17, 15) is 9.59 Å². The van der Waals surface area contributed by atoms with Crippen LogP contribution < -0.4 is 5.32 Å². The van der Waals surface area contributed by atoms with E-state index in [1.54, 1.807) is 0 Å². The first-order valence-corrected chi connectivity index (χ1v) is 7.01. The van der Waals surface area contributed by atoms with Gasteiger partial charge in [0.05, 0.1) is 0 Å². The second kappa shape index (κ2) is 9.13. The minimum atomic E-state index is -0.642. The molecule has 5 heteroatoms. The van der Waals surface area contributed by atoms with Gasteiger partial charge in [0.15, 0.2) is 0 Å². The Labute approximate surface area is 125 Å². The van der Waals surface area contributed by atoms with Crippen LogP contribution in [0.3, 0.4) is 0 Å². The highest BCUT2D eigenvalue weighted by atomic mass is 16.5. The zero-order chi connectivity index (χ0) is 15.7. The number of ether oxygens (including phenoxy) is 2. The molecular weight excluding hydrogens is 270 g/mol. The summed E-state index contributed by atoms with van der Waals surface area (Å²) in [6, 6.07) is 8.79. The average Bonchev–Trinajstić information content (AvgIpc) is 2.45. The Hall–Kier alpha value is -1.88. The number of carbonyl (C=O) groups excluding carboxylic acids is 2. The average molecular weight is 293 g/mol. The van der Waals surface area contributed by atoms with E-state index in [2.05, 4.69) is 5.32 Å². The Balaban J connectivity index is 2.56. The van der Waals surface area contributed by atoms with Crippen molar-refractivity contribution < 1.29 is 19.1 Å². The summed E-state index contributed by atoms with van der Waals surface area (Å²) in [7, 11) is 1.44. The summed E-state index contributed by atoms with van der Waals surface area (Å²) in [4.78, 5) is 23.7. The minimum absolute atomic E-state index is 0.0689. The molecule has 0 aliphatic carbocycles. The van der Waals surface area contributed by atoms with Crippen molar-refractivity contribution in [2.24, 2.45) is 5.92 Å². The van der Waals surface area contributed by atoms with E-state index >= 15 is 0 Å². The highest BCUT2D eigenvalue weighted by Gasteiger charge is 2.23. The summed E-state index contributed by atoms with van der Waals surface area (Å²) in [6.45, 7) is 4.11. The molecule has 5 nitrogen and oxygen atoms in total. The fourth-order valence-corrected chi connectivity index (χ4v) is 1.88. The fraction of sp³-hybridized carbons (Fsp3) is 0.500. The van der Waals surface area contributed by atoms with Crippen molar-refractivity contribution in [3.8, 4) is 0 Å². The number of hydrogen-bond donors (Lipinski definition) is 1. The molecule has 0 saturated heterocycles. The normalized spacial score (nSPS) is 12.0. The Morgan fingerprint density at radius 3 is 2.43 bits per heavy atom. The van der Waals surface area contributed by atoms with Gasteiger partial charge in [-0.25, -0.2) is 4.79 Å². The molecule has 1 aromatic carbocycles. The van der Waals surface area contributed by atoms with Crippen LogP contribution in [0.4, 0.5) is 0 Å². The maximum Gasteiger partial charge on any atom is 0.328 e. The predicted molar refractivity (Wildman–Crippen MR) is 79.5 cm³/mol. The molecule has 0 aliphatic rings. The van der Waals surface area contributed by atoms with E-state index in [1.807, 2.05) is 44.2 Å². The fourth-order valence-electron chi connectivity index (χ4n) is 1.88.